The van der Waals surface area contributed by atoms with E-state index < -0.39 is 5.97 Å². The average molecular weight is 304 g/mol. The molecule has 2 atom stereocenters. The molecule has 0 saturated carbocycles. The number of ether oxygens (including phenoxy) is 2. The molecule has 1 fully saturated rings. The van der Waals surface area contributed by atoms with Crippen molar-refractivity contribution in [3.8, 4) is 0 Å². The molecule has 8 heteroatoms. The number of methoxy groups -OCH3 is 2. The molecule has 1 radical (unpaired) electrons. The monoisotopic (exact) mass is 304 g/mol. The van der Waals surface area contributed by atoms with Crippen molar-refractivity contribution in [3.63, 3.8) is 0 Å². The standard InChI is InChI=1S/C14H19BN3O4/c1-21-13-7-18(15-8-19)6-12(13)17-11-5-9(14(20)22-2)3-4-10(11)16/h3-5,8,12-13,17H,6-7,16H2,1-2H3/t12-,13+/m1/s1. The summed E-state index contributed by atoms with van der Waals surface area (Å²) in [7, 11) is 4.44. The fourth-order valence-corrected chi connectivity index (χ4v) is 2.51. The molecular formula is C14H19BN3O4. The van der Waals surface area contributed by atoms with Gasteiger partial charge in [0.25, 0.3) is 7.41 Å². The van der Waals surface area contributed by atoms with Crippen molar-refractivity contribution >= 4 is 30.9 Å². The lowest BCUT2D eigenvalue weighted by molar-refractivity contribution is 0.0601. The Kier molecular flexibility index (Phi) is 5.40. The second kappa shape index (κ2) is 7.28. The fourth-order valence-electron chi connectivity index (χ4n) is 2.51. The molecular weight excluding hydrogens is 285 g/mol. The zero-order chi connectivity index (χ0) is 16.1. The number of nitrogens with zero attached hydrogens (tertiary/aromatic N) is 1. The summed E-state index contributed by atoms with van der Waals surface area (Å²) in [4.78, 5) is 24.1. The number of carbonyl (C=O) groups is 2. The van der Waals surface area contributed by atoms with E-state index >= 15 is 0 Å². The van der Waals surface area contributed by atoms with Crippen LogP contribution in [-0.4, -0.2) is 63.8 Å². The van der Waals surface area contributed by atoms with Crippen LogP contribution in [-0.2, 0) is 14.3 Å². The third-order valence-electron chi connectivity index (χ3n) is 3.68. The van der Waals surface area contributed by atoms with Crippen LogP contribution in [0.3, 0.4) is 0 Å². The van der Waals surface area contributed by atoms with E-state index in [-0.39, 0.29) is 12.1 Å². The quantitative estimate of drug-likeness (QED) is 0.330. The summed E-state index contributed by atoms with van der Waals surface area (Å²) >= 11 is 0. The number of nitrogen functional groups attached to an aromatic ring is 1. The summed E-state index contributed by atoms with van der Waals surface area (Å²) in [6, 6.07) is 4.87. The number of hydrogen-bond acceptors (Lipinski definition) is 7. The minimum absolute atomic E-state index is 0.0450. The predicted octanol–water partition coefficient (Wildman–Crippen LogP) is -0.0241. The Bertz CT molecular complexity index is 555. The van der Waals surface area contributed by atoms with Crippen LogP contribution in [0.15, 0.2) is 18.2 Å². The number of anilines is 2. The van der Waals surface area contributed by atoms with Crippen molar-refractivity contribution in [2.24, 2.45) is 0 Å². The smallest absolute Gasteiger partial charge is 0.337 e. The fraction of sp³-hybridized carbons (Fsp3) is 0.429. The summed E-state index contributed by atoms with van der Waals surface area (Å²) in [5.74, 6) is -0.423. The maximum atomic E-state index is 11.6. The molecule has 1 aliphatic heterocycles. The normalized spacial score (nSPS) is 21.4. The highest BCUT2D eigenvalue weighted by molar-refractivity contribution is 6.64. The van der Waals surface area contributed by atoms with Crippen LogP contribution in [0.1, 0.15) is 10.4 Å². The van der Waals surface area contributed by atoms with Gasteiger partial charge in [0, 0.05) is 20.2 Å². The van der Waals surface area contributed by atoms with E-state index in [1.54, 1.807) is 25.3 Å². The number of carbonyl (C=O) groups excluding carboxylic acids is 2. The molecule has 0 aromatic heterocycles. The topological polar surface area (TPSA) is 93.9 Å². The molecule has 3 N–H and O–H groups in total. The van der Waals surface area contributed by atoms with Gasteiger partial charge in [0.15, 0.2) is 0 Å². The molecule has 0 spiro atoms. The molecule has 117 valence electrons. The summed E-state index contributed by atoms with van der Waals surface area (Å²) in [5, 5.41) is 3.28. The van der Waals surface area contributed by atoms with Crippen LogP contribution >= 0.6 is 0 Å². The Morgan fingerprint density at radius 2 is 2.23 bits per heavy atom. The van der Waals surface area contributed by atoms with Crippen LogP contribution < -0.4 is 11.1 Å². The molecule has 0 amide bonds. The largest absolute Gasteiger partial charge is 0.465 e. The number of rotatable bonds is 6. The lowest BCUT2D eigenvalue weighted by Crippen LogP contribution is -2.34. The predicted molar refractivity (Wildman–Crippen MR) is 84.5 cm³/mol. The first-order chi connectivity index (χ1) is 10.6. The average Bonchev–Trinajstić information content (AvgIpc) is 2.90. The lowest BCUT2D eigenvalue weighted by Gasteiger charge is -2.21. The Labute approximate surface area is 130 Å². The van der Waals surface area contributed by atoms with E-state index in [0.717, 1.165) is 6.19 Å². The zero-order valence-electron chi connectivity index (χ0n) is 12.6. The Balaban J connectivity index is 2.15. The van der Waals surface area contributed by atoms with Crippen LogP contribution in [0.25, 0.3) is 0 Å². The maximum absolute atomic E-state index is 11.6. The highest BCUT2D eigenvalue weighted by Crippen LogP contribution is 2.24. The Hall–Kier alpha value is -2.06. The van der Waals surface area contributed by atoms with Crippen molar-refractivity contribution in [1.82, 2.24) is 4.81 Å². The van der Waals surface area contributed by atoms with Crippen molar-refractivity contribution in [2.75, 3.05) is 38.4 Å². The summed E-state index contributed by atoms with van der Waals surface area (Å²) < 4.78 is 10.1. The molecule has 1 aromatic rings. The molecule has 1 heterocycles. The molecule has 1 aromatic carbocycles. The van der Waals surface area contributed by atoms with Crippen molar-refractivity contribution in [3.05, 3.63) is 23.8 Å². The first kappa shape index (κ1) is 16.3. The molecule has 22 heavy (non-hydrogen) atoms. The maximum Gasteiger partial charge on any atom is 0.337 e. The van der Waals surface area contributed by atoms with Gasteiger partial charge in [0.05, 0.1) is 42.4 Å². The number of benzene rings is 1. The number of nitrogens with two attached hydrogens (primary N) is 1. The van der Waals surface area contributed by atoms with Crippen molar-refractivity contribution in [1.29, 1.82) is 0 Å². The molecule has 0 aliphatic carbocycles. The van der Waals surface area contributed by atoms with Gasteiger partial charge in [-0.05, 0) is 18.2 Å². The van der Waals surface area contributed by atoms with Crippen LogP contribution in [0.2, 0.25) is 0 Å². The van der Waals surface area contributed by atoms with Crippen molar-refractivity contribution in [2.45, 2.75) is 12.1 Å². The molecule has 2 rings (SSSR count). The summed E-state index contributed by atoms with van der Waals surface area (Å²) in [6.45, 7) is 1.22. The van der Waals surface area contributed by atoms with Gasteiger partial charge >= 0.3 is 5.97 Å². The van der Waals surface area contributed by atoms with Gasteiger partial charge in [-0.3, -0.25) is 0 Å². The minimum Gasteiger partial charge on any atom is -0.465 e. The van der Waals surface area contributed by atoms with E-state index in [9.17, 15) is 9.59 Å². The summed E-state index contributed by atoms with van der Waals surface area (Å²) in [5.41, 5.74) is 7.54. The SMILES string of the molecule is COC(=O)c1ccc(N)c(N[C@@H]2CN([B]C=O)C[C@@H]2OC)c1. The van der Waals surface area contributed by atoms with E-state index in [1.807, 2.05) is 4.81 Å². The van der Waals surface area contributed by atoms with Gasteiger partial charge in [0.2, 0.25) is 0 Å². The summed E-state index contributed by atoms with van der Waals surface area (Å²) in [6.07, 6.45) is 0.666. The Morgan fingerprint density at radius 1 is 1.45 bits per heavy atom. The van der Waals surface area contributed by atoms with Gasteiger partial charge in [-0.1, -0.05) is 0 Å². The van der Waals surface area contributed by atoms with Crippen LogP contribution in [0.5, 0.6) is 0 Å². The van der Waals surface area contributed by atoms with Gasteiger partial charge < -0.3 is 30.1 Å². The van der Waals surface area contributed by atoms with Crippen LogP contribution in [0, 0.1) is 0 Å². The van der Waals surface area contributed by atoms with E-state index in [0.29, 0.717) is 30.0 Å². The zero-order valence-corrected chi connectivity index (χ0v) is 12.6. The first-order valence-corrected chi connectivity index (χ1v) is 6.89. The second-order valence-electron chi connectivity index (χ2n) is 5.06. The van der Waals surface area contributed by atoms with Gasteiger partial charge in [-0.15, -0.1) is 0 Å². The van der Waals surface area contributed by atoms with E-state index in [2.05, 4.69) is 5.32 Å². The number of esters is 1. The Morgan fingerprint density at radius 3 is 2.86 bits per heavy atom. The second-order valence-corrected chi connectivity index (χ2v) is 5.06. The third-order valence-corrected chi connectivity index (χ3v) is 3.68. The highest BCUT2D eigenvalue weighted by atomic mass is 16.5. The minimum atomic E-state index is -0.423. The molecule has 1 aliphatic rings. The van der Waals surface area contributed by atoms with Crippen molar-refractivity contribution < 1.29 is 19.1 Å². The number of nitrogens with one attached hydrogen (secondary N) is 1. The third kappa shape index (κ3) is 3.58. The number of hydrogen-bond donors (Lipinski definition) is 2. The van der Waals surface area contributed by atoms with E-state index in [4.69, 9.17) is 15.2 Å². The van der Waals surface area contributed by atoms with Gasteiger partial charge in [-0.25, -0.2) is 4.79 Å². The van der Waals surface area contributed by atoms with Gasteiger partial charge in [0.1, 0.15) is 0 Å². The van der Waals surface area contributed by atoms with Crippen LogP contribution in [0.4, 0.5) is 11.4 Å². The molecule has 1 saturated heterocycles. The first-order valence-electron chi connectivity index (χ1n) is 6.89. The van der Waals surface area contributed by atoms with E-state index in [1.165, 1.54) is 14.5 Å². The lowest BCUT2D eigenvalue weighted by atomic mass is 9.96. The molecule has 7 nitrogen and oxygen atoms in total. The molecule has 0 bridgehead atoms. The van der Waals surface area contributed by atoms with Gasteiger partial charge in [-0.2, -0.15) is 0 Å². The molecule has 0 unspecified atom stereocenters. The highest BCUT2D eigenvalue weighted by Gasteiger charge is 2.33.